The third kappa shape index (κ3) is 3.36. The number of aryl methyl sites for hydroxylation is 1. The predicted octanol–water partition coefficient (Wildman–Crippen LogP) is 3.56. The molecule has 0 bridgehead atoms. The number of nitrogens with zero attached hydrogens (tertiary/aromatic N) is 1. The molecule has 1 spiro atoms. The van der Waals surface area contributed by atoms with Crippen molar-refractivity contribution in [1.29, 1.82) is 0 Å². The lowest BCUT2D eigenvalue weighted by molar-refractivity contribution is -0.135. The van der Waals surface area contributed by atoms with E-state index >= 15 is 0 Å². The van der Waals surface area contributed by atoms with Gasteiger partial charge in [-0.25, -0.2) is 4.79 Å². The van der Waals surface area contributed by atoms with Gasteiger partial charge in [0.1, 0.15) is 12.1 Å². The Hall–Kier alpha value is -2.57. The van der Waals surface area contributed by atoms with E-state index in [4.69, 9.17) is 23.2 Å². The lowest BCUT2D eigenvalue weighted by atomic mass is 9.92. The first-order chi connectivity index (χ1) is 13.8. The smallest absolute Gasteiger partial charge is 0.325 e. The molecule has 6 nitrogen and oxygen atoms in total. The van der Waals surface area contributed by atoms with Crippen LogP contribution >= 0.6 is 23.2 Å². The van der Waals surface area contributed by atoms with Gasteiger partial charge >= 0.3 is 6.03 Å². The summed E-state index contributed by atoms with van der Waals surface area (Å²) in [5.74, 6) is -0.838. The number of imide groups is 1. The van der Waals surface area contributed by atoms with Crippen LogP contribution in [0.3, 0.4) is 0 Å². The second-order valence-electron chi connectivity index (χ2n) is 7.34. The Labute approximate surface area is 178 Å². The van der Waals surface area contributed by atoms with E-state index in [-0.39, 0.29) is 12.5 Å². The molecule has 2 N–H and O–H groups in total. The predicted molar refractivity (Wildman–Crippen MR) is 110 cm³/mol. The highest BCUT2D eigenvalue weighted by atomic mass is 35.5. The van der Waals surface area contributed by atoms with Crippen molar-refractivity contribution in [2.24, 2.45) is 0 Å². The van der Waals surface area contributed by atoms with Crippen molar-refractivity contribution >= 4 is 41.0 Å². The number of fused-ring (bicyclic) bond motifs is 2. The summed E-state index contributed by atoms with van der Waals surface area (Å²) in [7, 11) is 0. The molecule has 1 aliphatic carbocycles. The van der Waals surface area contributed by atoms with Crippen LogP contribution in [-0.2, 0) is 21.5 Å². The van der Waals surface area contributed by atoms with Crippen molar-refractivity contribution in [1.82, 2.24) is 15.5 Å². The number of hydrogen-bond acceptors (Lipinski definition) is 3. The van der Waals surface area contributed by atoms with Crippen molar-refractivity contribution in [2.45, 2.75) is 31.3 Å². The van der Waals surface area contributed by atoms with Crippen molar-refractivity contribution in [3.63, 3.8) is 0 Å². The molecule has 2 aromatic carbocycles. The van der Waals surface area contributed by atoms with E-state index in [1.807, 2.05) is 24.3 Å². The summed E-state index contributed by atoms with van der Waals surface area (Å²) in [4.78, 5) is 39.2. The molecular formula is C21H19Cl2N3O3. The first-order valence-electron chi connectivity index (χ1n) is 9.28. The monoisotopic (exact) mass is 431 g/mol. The fourth-order valence-corrected chi connectivity index (χ4v) is 4.67. The maximum absolute atomic E-state index is 13.1. The number of hydrogen-bond donors (Lipinski definition) is 2. The molecule has 29 heavy (non-hydrogen) atoms. The fraction of sp³-hybridized carbons (Fsp3) is 0.286. The molecule has 2 atom stereocenters. The van der Waals surface area contributed by atoms with E-state index in [0.717, 1.165) is 16.0 Å². The SMILES string of the molecule is CC(NC(=O)CN1C(=O)NC2(CCc3ccccc32)C1=O)c1ccc(Cl)cc1Cl. The summed E-state index contributed by atoms with van der Waals surface area (Å²) < 4.78 is 0. The van der Waals surface area contributed by atoms with E-state index in [0.29, 0.717) is 28.5 Å². The summed E-state index contributed by atoms with van der Waals surface area (Å²) in [6.07, 6.45) is 1.19. The van der Waals surface area contributed by atoms with Gasteiger partial charge in [0.05, 0.1) is 6.04 Å². The van der Waals surface area contributed by atoms with Crippen LogP contribution in [0.1, 0.15) is 36.1 Å². The zero-order chi connectivity index (χ0) is 20.8. The lowest BCUT2D eigenvalue weighted by Crippen LogP contribution is -2.44. The summed E-state index contributed by atoms with van der Waals surface area (Å²) in [6, 6.07) is 11.6. The molecule has 2 aliphatic rings. The Kier molecular flexibility index (Phi) is 5.00. The molecule has 4 rings (SSSR count). The number of carbonyl (C=O) groups excluding carboxylic acids is 3. The number of carbonyl (C=O) groups is 3. The number of amides is 4. The second kappa shape index (κ2) is 7.35. The van der Waals surface area contributed by atoms with Crippen LogP contribution in [0.2, 0.25) is 10.0 Å². The molecule has 8 heteroatoms. The largest absolute Gasteiger partial charge is 0.348 e. The Morgan fingerprint density at radius 2 is 2.00 bits per heavy atom. The van der Waals surface area contributed by atoms with Crippen LogP contribution in [0.25, 0.3) is 0 Å². The maximum atomic E-state index is 13.1. The van der Waals surface area contributed by atoms with Crippen molar-refractivity contribution in [3.05, 3.63) is 69.2 Å². The Bertz CT molecular complexity index is 1030. The van der Waals surface area contributed by atoms with E-state index in [1.165, 1.54) is 0 Å². The average molecular weight is 432 g/mol. The minimum Gasteiger partial charge on any atom is -0.348 e. The molecule has 1 heterocycles. The number of nitrogens with one attached hydrogen (secondary N) is 2. The topological polar surface area (TPSA) is 78.5 Å². The van der Waals surface area contributed by atoms with Crippen molar-refractivity contribution in [2.75, 3.05) is 6.54 Å². The van der Waals surface area contributed by atoms with Crippen LogP contribution in [0.5, 0.6) is 0 Å². The van der Waals surface area contributed by atoms with Gasteiger partial charge in [0.15, 0.2) is 0 Å². The second-order valence-corrected chi connectivity index (χ2v) is 8.18. The van der Waals surface area contributed by atoms with Gasteiger partial charge in [-0.3, -0.25) is 14.5 Å². The zero-order valence-electron chi connectivity index (χ0n) is 15.7. The first kappa shape index (κ1) is 19.7. The van der Waals surface area contributed by atoms with Crippen LogP contribution in [0.4, 0.5) is 4.79 Å². The molecule has 150 valence electrons. The van der Waals surface area contributed by atoms with E-state index in [9.17, 15) is 14.4 Å². The Morgan fingerprint density at radius 3 is 2.76 bits per heavy atom. The van der Waals surface area contributed by atoms with Crippen LogP contribution in [-0.4, -0.2) is 29.3 Å². The maximum Gasteiger partial charge on any atom is 0.325 e. The number of rotatable bonds is 4. The third-order valence-corrected chi connectivity index (χ3v) is 6.09. The minimum atomic E-state index is -1.07. The molecule has 0 saturated carbocycles. The molecule has 0 aromatic heterocycles. The first-order valence-corrected chi connectivity index (χ1v) is 10.0. The van der Waals surface area contributed by atoms with Crippen molar-refractivity contribution in [3.8, 4) is 0 Å². The highest BCUT2D eigenvalue weighted by molar-refractivity contribution is 6.35. The third-order valence-electron chi connectivity index (χ3n) is 5.53. The van der Waals surface area contributed by atoms with Crippen LogP contribution < -0.4 is 10.6 Å². The van der Waals surface area contributed by atoms with Gasteiger partial charge in [-0.2, -0.15) is 0 Å². The summed E-state index contributed by atoms with van der Waals surface area (Å²) in [6.45, 7) is 1.41. The number of urea groups is 1. The molecule has 1 saturated heterocycles. The minimum absolute atomic E-state index is 0.357. The molecule has 1 fully saturated rings. The van der Waals surface area contributed by atoms with Gasteiger partial charge in [0.25, 0.3) is 5.91 Å². The molecule has 2 aromatic rings. The van der Waals surface area contributed by atoms with Gasteiger partial charge in [-0.1, -0.05) is 53.5 Å². The van der Waals surface area contributed by atoms with E-state index in [2.05, 4.69) is 10.6 Å². The quantitative estimate of drug-likeness (QED) is 0.726. The highest BCUT2D eigenvalue weighted by Gasteiger charge is 2.55. The highest BCUT2D eigenvalue weighted by Crippen LogP contribution is 2.41. The standard InChI is InChI=1S/C21H19Cl2N3O3/c1-12(15-7-6-14(22)10-17(15)23)24-18(27)11-26-19(28)21(25-20(26)29)9-8-13-4-2-3-5-16(13)21/h2-7,10,12H,8-9,11H2,1H3,(H,24,27)(H,25,29). The zero-order valence-corrected chi connectivity index (χ0v) is 17.2. The number of benzene rings is 2. The molecular weight excluding hydrogens is 413 g/mol. The summed E-state index contributed by atoms with van der Waals surface area (Å²) in [5, 5.41) is 6.53. The molecule has 2 unspecified atom stereocenters. The molecule has 0 radical (unpaired) electrons. The Balaban J connectivity index is 1.48. The van der Waals surface area contributed by atoms with Crippen LogP contribution in [0, 0.1) is 0 Å². The van der Waals surface area contributed by atoms with Crippen molar-refractivity contribution < 1.29 is 14.4 Å². The number of halogens is 2. The van der Waals surface area contributed by atoms with Gasteiger partial charge in [0.2, 0.25) is 5.91 Å². The molecule has 1 aliphatic heterocycles. The van der Waals surface area contributed by atoms with Gasteiger partial charge in [0, 0.05) is 10.0 Å². The van der Waals surface area contributed by atoms with Gasteiger partial charge in [-0.05, 0) is 48.6 Å². The molecule has 4 amide bonds. The normalized spacial score (nSPS) is 21.3. The summed E-state index contributed by atoms with van der Waals surface area (Å²) in [5.41, 5.74) is 1.47. The Morgan fingerprint density at radius 1 is 1.24 bits per heavy atom. The van der Waals surface area contributed by atoms with Gasteiger partial charge < -0.3 is 10.6 Å². The average Bonchev–Trinajstić information content (AvgIpc) is 3.15. The lowest BCUT2D eigenvalue weighted by Gasteiger charge is -2.22. The van der Waals surface area contributed by atoms with Crippen LogP contribution in [0.15, 0.2) is 42.5 Å². The van der Waals surface area contributed by atoms with Gasteiger partial charge in [-0.15, -0.1) is 0 Å². The van der Waals surface area contributed by atoms with E-state index in [1.54, 1.807) is 25.1 Å². The fourth-order valence-electron chi connectivity index (χ4n) is 4.09. The summed E-state index contributed by atoms with van der Waals surface area (Å²) >= 11 is 12.1. The van der Waals surface area contributed by atoms with E-state index < -0.39 is 23.5 Å².